The Bertz CT molecular complexity index is 549. The van der Waals surface area contributed by atoms with E-state index in [4.69, 9.17) is 9.47 Å². The van der Waals surface area contributed by atoms with Gasteiger partial charge in [-0.25, -0.2) is 0 Å². The molecule has 4 heteroatoms. The number of aliphatic hydroxyl groups is 1. The maximum atomic E-state index is 12.4. The Hall–Kier alpha value is -1.81. The molecular weight excluding hydrogens is 256 g/mol. The topological polar surface area (TPSA) is 55.8 Å². The van der Waals surface area contributed by atoms with E-state index >= 15 is 0 Å². The zero-order valence-electron chi connectivity index (χ0n) is 11.4. The molecule has 3 unspecified atom stereocenters. The SMILES string of the molecule is Cc1ccccc1OC1=COC2CC(O)CCC2C1=O. The monoisotopic (exact) mass is 274 g/mol. The molecule has 3 rings (SSSR count). The van der Waals surface area contributed by atoms with E-state index in [1.54, 1.807) is 0 Å². The summed E-state index contributed by atoms with van der Waals surface area (Å²) < 4.78 is 11.3. The number of benzene rings is 1. The number of carbonyl (C=O) groups excluding carboxylic acids is 1. The highest BCUT2D eigenvalue weighted by Crippen LogP contribution is 2.34. The van der Waals surface area contributed by atoms with E-state index in [0.717, 1.165) is 5.56 Å². The number of ketones is 1. The number of allylic oxidation sites excluding steroid dienone is 1. The molecule has 0 bridgehead atoms. The van der Waals surface area contributed by atoms with Gasteiger partial charge in [-0.2, -0.15) is 0 Å². The fraction of sp³-hybridized carbons (Fsp3) is 0.438. The maximum absolute atomic E-state index is 12.4. The van der Waals surface area contributed by atoms with Gasteiger partial charge in [0, 0.05) is 6.42 Å². The van der Waals surface area contributed by atoms with Crippen LogP contribution in [0.4, 0.5) is 0 Å². The quantitative estimate of drug-likeness (QED) is 0.899. The van der Waals surface area contributed by atoms with Crippen LogP contribution in [0.5, 0.6) is 5.75 Å². The summed E-state index contributed by atoms with van der Waals surface area (Å²) in [7, 11) is 0. The summed E-state index contributed by atoms with van der Waals surface area (Å²) in [4.78, 5) is 12.4. The maximum Gasteiger partial charge on any atom is 0.207 e. The van der Waals surface area contributed by atoms with E-state index in [0.29, 0.717) is 25.0 Å². The van der Waals surface area contributed by atoms with Crippen LogP contribution in [0.3, 0.4) is 0 Å². The molecule has 1 aliphatic carbocycles. The molecule has 3 atom stereocenters. The average Bonchev–Trinajstić information content (AvgIpc) is 2.44. The van der Waals surface area contributed by atoms with Crippen LogP contribution in [0, 0.1) is 12.8 Å². The lowest BCUT2D eigenvalue weighted by atomic mass is 9.80. The van der Waals surface area contributed by atoms with Gasteiger partial charge in [-0.15, -0.1) is 0 Å². The Kier molecular flexibility index (Phi) is 3.49. The molecule has 0 saturated heterocycles. The van der Waals surface area contributed by atoms with Crippen molar-refractivity contribution in [1.29, 1.82) is 0 Å². The number of hydrogen-bond acceptors (Lipinski definition) is 4. The normalized spacial score (nSPS) is 29.2. The van der Waals surface area contributed by atoms with Gasteiger partial charge in [0.25, 0.3) is 0 Å². The van der Waals surface area contributed by atoms with Gasteiger partial charge in [0.15, 0.2) is 0 Å². The zero-order valence-corrected chi connectivity index (χ0v) is 11.4. The first-order valence-corrected chi connectivity index (χ1v) is 6.96. The predicted molar refractivity (Wildman–Crippen MR) is 73.1 cm³/mol. The third-order valence-corrected chi connectivity index (χ3v) is 4.01. The van der Waals surface area contributed by atoms with Gasteiger partial charge in [-0.1, -0.05) is 18.2 Å². The summed E-state index contributed by atoms with van der Waals surface area (Å²) in [5.74, 6) is 0.723. The highest BCUT2D eigenvalue weighted by Gasteiger charge is 2.40. The molecule has 2 aliphatic rings. The van der Waals surface area contributed by atoms with Crippen molar-refractivity contribution in [2.24, 2.45) is 5.92 Å². The Morgan fingerprint density at radius 3 is 2.90 bits per heavy atom. The summed E-state index contributed by atoms with van der Waals surface area (Å²) >= 11 is 0. The molecule has 0 radical (unpaired) electrons. The third kappa shape index (κ3) is 2.43. The fourth-order valence-electron chi connectivity index (χ4n) is 2.81. The van der Waals surface area contributed by atoms with Crippen molar-refractivity contribution in [2.45, 2.75) is 38.4 Å². The largest absolute Gasteiger partial charge is 0.493 e. The molecule has 4 nitrogen and oxygen atoms in total. The number of para-hydroxylation sites is 1. The summed E-state index contributed by atoms with van der Waals surface area (Å²) in [6, 6.07) is 7.56. The van der Waals surface area contributed by atoms with Crippen molar-refractivity contribution >= 4 is 5.78 Å². The number of Topliss-reactive ketones (excluding diaryl/α,β-unsaturated/α-hetero) is 1. The molecule has 0 amide bonds. The first-order valence-electron chi connectivity index (χ1n) is 6.96. The highest BCUT2D eigenvalue weighted by atomic mass is 16.5. The highest BCUT2D eigenvalue weighted by molar-refractivity contribution is 5.96. The predicted octanol–water partition coefficient (Wildman–Crippen LogP) is 2.34. The minimum atomic E-state index is -0.365. The van der Waals surface area contributed by atoms with E-state index < -0.39 is 0 Å². The molecule has 0 spiro atoms. The van der Waals surface area contributed by atoms with Crippen molar-refractivity contribution in [3.63, 3.8) is 0 Å². The van der Waals surface area contributed by atoms with E-state index in [2.05, 4.69) is 0 Å². The van der Waals surface area contributed by atoms with Crippen LogP contribution in [0.2, 0.25) is 0 Å². The number of ether oxygens (including phenoxy) is 2. The fourth-order valence-corrected chi connectivity index (χ4v) is 2.81. The van der Waals surface area contributed by atoms with Gasteiger partial charge in [-0.05, 0) is 31.4 Å². The number of hydrogen-bond donors (Lipinski definition) is 1. The molecule has 1 aromatic carbocycles. The van der Waals surface area contributed by atoms with Gasteiger partial charge in [0.1, 0.15) is 18.1 Å². The lowest BCUT2D eigenvalue weighted by Gasteiger charge is -2.35. The number of rotatable bonds is 2. The lowest BCUT2D eigenvalue weighted by molar-refractivity contribution is -0.132. The van der Waals surface area contributed by atoms with Gasteiger partial charge in [-0.3, -0.25) is 4.79 Å². The van der Waals surface area contributed by atoms with Crippen molar-refractivity contribution in [3.8, 4) is 5.75 Å². The average molecular weight is 274 g/mol. The van der Waals surface area contributed by atoms with Crippen LogP contribution < -0.4 is 4.74 Å². The van der Waals surface area contributed by atoms with E-state index in [-0.39, 0.29) is 29.7 Å². The van der Waals surface area contributed by atoms with Crippen molar-refractivity contribution in [2.75, 3.05) is 0 Å². The van der Waals surface area contributed by atoms with E-state index in [1.807, 2.05) is 31.2 Å². The second-order valence-corrected chi connectivity index (χ2v) is 5.46. The molecular formula is C16H18O4. The summed E-state index contributed by atoms with van der Waals surface area (Å²) in [6.45, 7) is 1.93. The smallest absolute Gasteiger partial charge is 0.207 e. The van der Waals surface area contributed by atoms with Crippen LogP contribution in [0.25, 0.3) is 0 Å². The second kappa shape index (κ2) is 5.29. The number of aliphatic hydroxyl groups excluding tert-OH is 1. The molecule has 1 saturated carbocycles. The van der Waals surface area contributed by atoms with E-state index in [9.17, 15) is 9.90 Å². The van der Waals surface area contributed by atoms with Crippen LogP contribution in [-0.4, -0.2) is 23.1 Å². The summed E-state index contributed by atoms with van der Waals surface area (Å²) in [5, 5.41) is 9.63. The summed E-state index contributed by atoms with van der Waals surface area (Å²) in [5.41, 5.74) is 0.974. The molecule has 0 aromatic heterocycles. The minimum absolute atomic E-state index is 0.0172. The van der Waals surface area contributed by atoms with Gasteiger partial charge < -0.3 is 14.6 Å². The Labute approximate surface area is 118 Å². The van der Waals surface area contributed by atoms with Crippen LogP contribution in [-0.2, 0) is 9.53 Å². The first kappa shape index (κ1) is 13.2. The van der Waals surface area contributed by atoms with Crippen LogP contribution in [0.15, 0.2) is 36.3 Å². The zero-order chi connectivity index (χ0) is 14.1. The van der Waals surface area contributed by atoms with Crippen LogP contribution >= 0.6 is 0 Å². The van der Waals surface area contributed by atoms with Crippen molar-refractivity contribution < 1.29 is 19.4 Å². The van der Waals surface area contributed by atoms with Crippen molar-refractivity contribution in [3.05, 3.63) is 41.9 Å². The number of carbonyl (C=O) groups is 1. The second-order valence-electron chi connectivity index (χ2n) is 5.46. The van der Waals surface area contributed by atoms with Crippen LogP contribution in [0.1, 0.15) is 24.8 Å². The Balaban J connectivity index is 1.78. The molecule has 20 heavy (non-hydrogen) atoms. The molecule has 1 aliphatic heterocycles. The lowest BCUT2D eigenvalue weighted by Crippen LogP contribution is -2.41. The molecule has 1 fully saturated rings. The standard InChI is InChI=1S/C16H18O4/c1-10-4-2-3-5-13(10)20-15-9-19-14-8-11(17)6-7-12(14)16(15)18/h2-5,9,11-12,14,17H,6-8H2,1H3. The number of fused-ring (bicyclic) bond motifs is 1. The van der Waals surface area contributed by atoms with Crippen molar-refractivity contribution in [1.82, 2.24) is 0 Å². The third-order valence-electron chi connectivity index (χ3n) is 4.01. The molecule has 1 N–H and O–H groups in total. The van der Waals surface area contributed by atoms with Gasteiger partial charge in [0.05, 0.1) is 12.0 Å². The van der Waals surface area contributed by atoms with Gasteiger partial charge >= 0.3 is 0 Å². The molecule has 1 heterocycles. The first-order chi connectivity index (χ1) is 9.65. The number of aryl methyl sites for hydroxylation is 1. The van der Waals surface area contributed by atoms with E-state index in [1.165, 1.54) is 6.26 Å². The molecule has 1 aromatic rings. The summed E-state index contributed by atoms with van der Waals surface area (Å²) in [6.07, 6.45) is 2.64. The van der Waals surface area contributed by atoms with Gasteiger partial charge in [0.2, 0.25) is 11.5 Å². The minimum Gasteiger partial charge on any atom is -0.493 e. The Morgan fingerprint density at radius 2 is 2.10 bits per heavy atom. The Morgan fingerprint density at radius 1 is 1.30 bits per heavy atom. The molecule has 106 valence electrons.